The molecule has 1 saturated carbocycles. The molecule has 35 heavy (non-hydrogen) atoms. The lowest BCUT2D eigenvalue weighted by Crippen LogP contribution is -2.47. The molecule has 0 unspecified atom stereocenters. The van der Waals surface area contributed by atoms with E-state index < -0.39 is 5.60 Å². The number of nitrogens with one attached hydrogen (secondary N) is 2. The van der Waals surface area contributed by atoms with Crippen molar-refractivity contribution in [3.05, 3.63) is 17.5 Å². The first-order valence-electron chi connectivity index (χ1n) is 13.1. The highest BCUT2D eigenvalue weighted by atomic mass is 16.7. The number of hydrogen-bond acceptors (Lipinski definition) is 6. The Hall–Kier alpha value is -2.13. The van der Waals surface area contributed by atoms with Gasteiger partial charge in [0.15, 0.2) is 0 Å². The van der Waals surface area contributed by atoms with E-state index in [4.69, 9.17) is 9.57 Å². The number of hydroxylamine groups is 2. The van der Waals surface area contributed by atoms with E-state index in [0.717, 1.165) is 56.2 Å². The van der Waals surface area contributed by atoms with Crippen LogP contribution in [0.1, 0.15) is 96.7 Å². The van der Waals surface area contributed by atoms with Crippen LogP contribution in [0.2, 0.25) is 0 Å². The number of rotatable bonds is 9. The lowest BCUT2D eigenvalue weighted by molar-refractivity contribution is -0.203. The number of amides is 2. The van der Waals surface area contributed by atoms with Gasteiger partial charge in [0.1, 0.15) is 5.60 Å². The molecule has 2 amide bonds. The topological polar surface area (TPSA) is 99.8 Å². The van der Waals surface area contributed by atoms with Crippen molar-refractivity contribution in [1.29, 1.82) is 0 Å². The number of aromatic amines is 1. The van der Waals surface area contributed by atoms with Crippen LogP contribution in [0.15, 0.2) is 6.20 Å². The van der Waals surface area contributed by atoms with Gasteiger partial charge in [0.2, 0.25) is 0 Å². The van der Waals surface area contributed by atoms with E-state index in [0.29, 0.717) is 25.6 Å². The van der Waals surface area contributed by atoms with Gasteiger partial charge in [0.05, 0.1) is 23.8 Å². The van der Waals surface area contributed by atoms with E-state index in [2.05, 4.69) is 29.4 Å². The highest BCUT2D eigenvalue weighted by Crippen LogP contribution is 2.54. The summed E-state index contributed by atoms with van der Waals surface area (Å²) in [5.41, 5.74) is 1.28. The number of carbonyl (C=O) groups is 2. The van der Waals surface area contributed by atoms with Crippen LogP contribution in [0.5, 0.6) is 0 Å². The van der Waals surface area contributed by atoms with Crippen molar-refractivity contribution in [1.82, 2.24) is 25.5 Å². The van der Waals surface area contributed by atoms with Gasteiger partial charge in [-0.15, -0.1) is 0 Å². The Morgan fingerprint density at radius 1 is 1.29 bits per heavy atom. The summed E-state index contributed by atoms with van der Waals surface area (Å²) in [6.45, 7) is 11.7. The van der Waals surface area contributed by atoms with E-state index in [1.54, 1.807) is 24.1 Å². The molecule has 1 saturated heterocycles. The normalized spacial score (nSPS) is 24.3. The molecule has 1 aliphatic carbocycles. The number of aromatic nitrogens is 2. The monoisotopic (exact) mass is 491 g/mol. The van der Waals surface area contributed by atoms with E-state index in [-0.39, 0.29) is 23.0 Å². The summed E-state index contributed by atoms with van der Waals surface area (Å²) in [6.07, 6.45) is 8.06. The van der Waals surface area contributed by atoms with Crippen molar-refractivity contribution >= 4 is 12.0 Å². The summed E-state index contributed by atoms with van der Waals surface area (Å²) < 4.78 is 5.40. The average Bonchev–Trinajstić information content (AvgIpc) is 3.36. The van der Waals surface area contributed by atoms with Crippen molar-refractivity contribution in [3.8, 4) is 0 Å². The second kappa shape index (κ2) is 10.9. The molecule has 2 heterocycles. The van der Waals surface area contributed by atoms with Gasteiger partial charge in [-0.05, 0) is 65.7 Å². The quantitative estimate of drug-likeness (QED) is 0.498. The molecule has 3 rings (SSSR count). The van der Waals surface area contributed by atoms with Crippen molar-refractivity contribution in [3.63, 3.8) is 0 Å². The minimum Gasteiger partial charge on any atom is -0.444 e. The minimum atomic E-state index is -0.496. The highest BCUT2D eigenvalue weighted by molar-refractivity contribution is 5.85. The van der Waals surface area contributed by atoms with Crippen molar-refractivity contribution in [2.75, 3.05) is 27.2 Å². The Kier molecular flexibility index (Phi) is 8.52. The van der Waals surface area contributed by atoms with E-state index >= 15 is 0 Å². The van der Waals surface area contributed by atoms with Crippen LogP contribution >= 0.6 is 0 Å². The fourth-order valence-corrected chi connectivity index (χ4v) is 5.82. The average molecular weight is 492 g/mol. The molecule has 0 atom stereocenters. The molecule has 198 valence electrons. The first-order valence-corrected chi connectivity index (χ1v) is 13.1. The van der Waals surface area contributed by atoms with Crippen LogP contribution < -0.4 is 5.32 Å². The second-order valence-corrected chi connectivity index (χ2v) is 11.3. The van der Waals surface area contributed by atoms with E-state index in [1.165, 1.54) is 0 Å². The van der Waals surface area contributed by atoms with Crippen molar-refractivity contribution in [2.45, 2.75) is 103 Å². The summed E-state index contributed by atoms with van der Waals surface area (Å²) >= 11 is 0. The largest absolute Gasteiger partial charge is 0.444 e. The zero-order valence-electron chi connectivity index (χ0n) is 22.7. The molecule has 1 aliphatic heterocycles. The molecule has 9 nitrogen and oxygen atoms in total. The summed E-state index contributed by atoms with van der Waals surface area (Å²) in [7, 11) is 3.38. The first kappa shape index (κ1) is 27.5. The molecule has 0 bridgehead atoms. The number of H-pyrrole nitrogens is 1. The van der Waals surface area contributed by atoms with Gasteiger partial charge >= 0.3 is 6.09 Å². The minimum absolute atomic E-state index is 0.157. The number of hydrogen-bond donors (Lipinski definition) is 2. The molecule has 2 fully saturated rings. The number of ether oxygens (including phenoxy) is 1. The van der Waals surface area contributed by atoms with Gasteiger partial charge in [0, 0.05) is 44.4 Å². The third-order valence-corrected chi connectivity index (χ3v) is 7.97. The van der Waals surface area contributed by atoms with Gasteiger partial charge in [-0.2, -0.15) is 5.10 Å². The van der Waals surface area contributed by atoms with Crippen LogP contribution in [0.3, 0.4) is 0 Å². The second-order valence-electron chi connectivity index (χ2n) is 11.3. The summed E-state index contributed by atoms with van der Waals surface area (Å²) in [5.74, 6) is 0.518. The molecule has 2 aliphatic rings. The maximum atomic E-state index is 13.2. The van der Waals surface area contributed by atoms with Crippen LogP contribution in [0.4, 0.5) is 4.79 Å². The smallest absolute Gasteiger partial charge is 0.410 e. The zero-order valence-corrected chi connectivity index (χ0v) is 22.7. The zero-order chi connectivity index (χ0) is 25.9. The lowest BCUT2D eigenvalue weighted by Gasteiger charge is -2.42. The molecule has 1 spiro atoms. The summed E-state index contributed by atoms with van der Waals surface area (Å²) in [4.78, 5) is 32.6. The molecule has 1 aromatic rings. The van der Waals surface area contributed by atoms with Crippen LogP contribution in [-0.4, -0.2) is 70.5 Å². The summed E-state index contributed by atoms with van der Waals surface area (Å²) in [6, 6.07) is 0. The Morgan fingerprint density at radius 3 is 2.51 bits per heavy atom. The maximum Gasteiger partial charge on any atom is 0.410 e. The van der Waals surface area contributed by atoms with Crippen molar-refractivity contribution in [2.24, 2.45) is 5.41 Å². The van der Waals surface area contributed by atoms with Crippen molar-refractivity contribution < 1.29 is 19.2 Å². The van der Waals surface area contributed by atoms with Crippen LogP contribution in [0.25, 0.3) is 0 Å². The lowest BCUT2D eigenvalue weighted by atomic mass is 9.69. The fourth-order valence-electron chi connectivity index (χ4n) is 5.82. The fraction of sp³-hybridized carbons (Fsp3) is 0.808. The predicted molar refractivity (Wildman–Crippen MR) is 135 cm³/mol. The van der Waals surface area contributed by atoms with E-state index in [9.17, 15) is 9.59 Å². The number of carbonyl (C=O) groups excluding carboxylic acids is 2. The van der Waals surface area contributed by atoms with Gasteiger partial charge in [-0.1, -0.05) is 13.8 Å². The molecular formula is C26H45N5O4. The van der Waals surface area contributed by atoms with Crippen LogP contribution in [0, 0.1) is 5.41 Å². The SMILES string of the molecule is CCC1(CC)CC2(CCC(c3n[nH]cc3CNCCN(C)C(=O)OC(C)(C)C)CC2)N(OC)C1=O. The third kappa shape index (κ3) is 5.82. The van der Waals surface area contributed by atoms with Gasteiger partial charge in [-0.25, -0.2) is 9.86 Å². The van der Waals surface area contributed by atoms with Gasteiger partial charge < -0.3 is 15.0 Å². The Morgan fingerprint density at radius 2 is 1.94 bits per heavy atom. The Bertz CT molecular complexity index is 865. The summed E-state index contributed by atoms with van der Waals surface area (Å²) in [5, 5.41) is 12.8. The molecule has 2 N–H and O–H groups in total. The molecule has 9 heteroatoms. The standard InChI is InChI=1S/C26H45N5O4/c1-8-25(9-2)18-26(31(34-7)22(25)32)12-10-19(11-13-26)21-20(17-28-29-21)16-27-14-15-30(6)23(33)35-24(3,4)5/h17,19,27H,8-16,18H2,1-7H3,(H,28,29). The number of nitrogens with zero attached hydrogens (tertiary/aromatic N) is 3. The van der Waals surface area contributed by atoms with Gasteiger partial charge in [-0.3, -0.25) is 14.7 Å². The molecular weight excluding hydrogens is 446 g/mol. The Labute approximate surface area is 210 Å². The van der Waals surface area contributed by atoms with Gasteiger partial charge in [0.25, 0.3) is 5.91 Å². The van der Waals surface area contributed by atoms with Crippen LogP contribution in [-0.2, 0) is 20.9 Å². The number of likely N-dealkylation sites (N-methyl/N-ethyl adjacent to an activating group) is 1. The predicted octanol–water partition coefficient (Wildman–Crippen LogP) is 4.36. The van der Waals surface area contributed by atoms with E-state index in [1.807, 2.05) is 27.0 Å². The highest BCUT2D eigenvalue weighted by Gasteiger charge is 2.59. The Balaban J connectivity index is 1.54. The first-order chi connectivity index (χ1) is 16.5. The molecule has 0 radical (unpaired) electrons. The maximum absolute atomic E-state index is 13.2. The third-order valence-electron chi connectivity index (χ3n) is 7.97. The molecule has 1 aromatic heterocycles. The molecule has 0 aromatic carbocycles.